The highest BCUT2D eigenvalue weighted by Crippen LogP contribution is 2.29. The predicted molar refractivity (Wildman–Crippen MR) is 131 cm³/mol. The first-order valence-corrected chi connectivity index (χ1v) is 13.3. The molecule has 9 heteroatoms. The molecule has 0 bridgehead atoms. The van der Waals surface area contributed by atoms with E-state index in [0.717, 1.165) is 35.8 Å². The van der Waals surface area contributed by atoms with E-state index in [-0.39, 0.29) is 10.7 Å². The second-order valence-corrected chi connectivity index (χ2v) is 10.9. The van der Waals surface area contributed by atoms with Crippen LogP contribution in [0.4, 0.5) is 5.69 Å². The molecule has 0 saturated carbocycles. The summed E-state index contributed by atoms with van der Waals surface area (Å²) in [6.07, 6.45) is 4.89. The molecular formula is C23H29Cl2N3O3S. The Kier molecular flexibility index (Phi) is 8.44. The number of amides is 1. The van der Waals surface area contributed by atoms with E-state index in [4.69, 9.17) is 23.2 Å². The van der Waals surface area contributed by atoms with Gasteiger partial charge in [0.1, 0.15) is 6.04 Å². The smallest absolute Gasteiger partial charge is 0.243 e. The summed E-state index contributed by atoms with van der Waals surface area (Å²) in [6.45, 7) is 5.08. The van der Waals surface area contributed by atoms with Gasteiger partial charge in [-0.25, -0.2) is 8.42 Å². The van der Waals surface area contributed by atoms with E-state index in [1.807, 2.05) is 12.1 Å². The summed E-state index contributed by atoms with van der Waals surface area (Å²) >= 11 is 12.0. The first-order valence-electron chi connectivity index (χ1n) is 10.7. The number of nitrogens with one attached hydrogen (secondary N) is 1. The van der Waals surface area contributed by atoms with E-state index in [1.165, 1.54) is 43.0 Å². The molecule has 1 fully saturated rings. The minimum atomic E-state index is -3.73. The van der Waals surface area contributed by atoms with Crippen LogP contribution in [0.5, 0.6) is 0 Å². The van der Waals surface area contributed by atoms with Crippen molar-refractivity contribution in [3.63, 3.8) is 0 Å². The fraction of sp³-hybridized carbons (Fsp3) is 0.435. The summed E-state index contributed by atoms with van der Waals surface area (Å²) < 4.78 is 25.9. The lowest BCUT2D eigenvalue weighted by molar-refractivity contribution is -0.122. The maximum atomic E-state index is 12.8. The summed E-state index contributed by atoms with van der Waals surface area (Å²) in [5.41, 5.74) is 2.48. The third kappa shape index (κ3) is 6.61. The van der Waals surface area contributed by atoms with E-state index in [2.05, 4.69) is 22.3 Å². The van der Waals surface area contributed by atoms with Crippen molar-refractivity contribution in [2.45, 2.75) is 45.3 Å². The second-order valence-electron chi connectivity index (χ2n) is 8.20. The highest BCUT2D eigenvalue weighted by Gasteiger charge is 2.29. The standard InChI is InChI=1S/C23H29Cl2N3O3S/c1-17(28(32(2,30)31)20-10-11-21(24)22(25)14-20)23(29)26-15-18-6-8-19(9-7-18)16-27-12-4-3-5-13-27/h6-11,14,17H,3-5,12-13,15-16H2,1-2H3,(H,26,29)/t17-/m0/s1. The summed E-state index contributed by atoms with van der Waals surface area (Å²) in [5, 5.41) is 3.36. The molecule has 0 unspecified atom stereocenters. The highest BCUT2D eigenvalue weighted by atomic mass is 35.5. The lowest BCUT2D eigenvalue weighted by atomic mass is 10.1. The Morgan fingerprint density at radius 3 is 2.25 bits per heavy atom. The lowest BCUT2D eigenvalue weighted by Gasteiger charge is -2.28. The number of anilines is 1. The highest BCUT2D eigenvalue weighted by molar-refractivity contribution is 7.92. The number of carbonyl (C=O) groups excluding carboxylic acids is 1. The van der Waals surface area contributed by atoms with Gasteiger partial charge in [0.05, 0.1) is 22.0 Å². The van der Waals surface area contributed by atoms with Crippen molar-refractivity contribution in [1.82, 2.24) is 10.2 Å². The minimum Gasteiger partial charge on any atom is -0.350 e. The van der Waals surface area contributed by atoms with Crippen LogP contribution >= 0.6 is 23.2 Å². The first-order chi connectivity index (χ1) is 15.1. The Hall–Kier alpha value is -1.80. The average Bonchev–Trinajstić information content (AvgIpc) is 2.75. The Morgan fingerprint density at radius 2 is 1.66 bits per heavy atom. The molecule has 0 radical (unpaired) electrons. The molecular weight excluding hydrogens is 469 g/mol. The van der Waals surface area contributed by atoms with Gasteiger partial charge in [0.15, 0.2) is 0 Å². The maximum Gasteiger partial charge on any atom is 0.243 e. The zero-order valence-corrected chi connectivity index (χ0v) is 20.7. The van der Waals surface area contributed by atoms with Crippen molar-refractivity contribution in [2.75, 3.05) is 23.7 Å². The number of rotatable bonds is 8. The van der Waals surface area contributed by atoms with E-state index < -0.39 is 22.0 Å². The topological polar surface area (TPSA) is 69.7 Å². The fourth-order valence-electron chi connectivity index (χ4n) is 3.91. The molecule has 2 aromatic carbocycles. The third-order valence-electron chi connectivity index (χ3n) is 5.59. The van der Waals surface area contributed by atoms with Crippen LogP contribution in [-0.2, 0) is 27.9 Å². The molecule has 174 valence electrons. The van der Waals surface area contributed by atoms with Gasteiger partial charge in [0.2, 0.25) is 15.9 Å². The van der Waals surface area contributed by atoms with Crippen molar-refractivity contribution in [2.24, 2.45) is 0 Å². The molecule has 1 saturated heterocycles. The molecule has 0 aromatic heterocycles. The summed E-state index contributed by atoms with van der Waals surface area (Å²) in [5.74, 6) is -0.404. The molecule has 3 rings (SSSR count). The van der Waals surface area contributed by atoms with Gasteiger partial charge in [-0.2, -0.15) is 0 Å². The molecule has 32 heavy (non-hydrogen) atoms. The van der Waals surface area contributed by atoms with Crippen LogP contribution in [0, 0.1) is 0 Å². The molecule has 0 spiro atoms. The molecule has 0 aliphatic carbocycles. The Labute approximate surface area is 200 Å². The fourth-order valence-corrected chi connectivity index (χ4v) is 5.37. The molecule has 1 N–H and O–H groups in total. The summed E-state index contributed by atoms with van der Waals surface area (Å²) in [6, 6.07) is 11.7. The van der Waals surface area contributed by atoms with Gasteiger partial charge in [0, 0.05) is 13.1 Å². The quantitative estimate of drug-likeness (QED) is 0.584. The molecule has 1 amide bonds. The van der Waals surface area contributed by atoms with E-state index in [1.54, 1.807) is 6.92 Å². The largest absolute Gasteiger partial charge is 0.350 e. The van der Waals surface area contributed by atoms with Crippen LogP contribution in [0.1, 0.15) is 37.3 Å². The molecule has 1 aliphatic heterocycles. The van der Waals surface area contributed by atoms with Gasteiger partial charge in [-0.3, -0.25) is 14.0 Å². The Bertz CT molecular complexity index is 1040. The molecule has 1 heterocycles. The van der Waals surface area contributed by atoms with Gasteiger partial charge < -0.3 is 5.32 Å². The van der Waals surface area contributed by atoms with Crippen LogP contribution in [0.2, 0.25) is 10.0 Å². The monoisotopic (exact) mass is 497 g/mol. The van der Waals surface area contributed by atoms with Gasteiger partial charge in [-0.1, -0.05) is 53.9 Å². The third-order valence-corrected chi connectivity index (χ3v) is 7.57. The zero-order chi connectivity index (χ0) is 23.3. The normalized spacial score (nSPS) is 15.9. The van der Waals surface area contributed by atoms with Gasteiger partial charge in [-0.05, 0) is 62.2 Å². The lowest BCUT2D eigenvalue weighted by Crippen LogP contribution is -2.47. The van der Waals surface area contributed by atoms with Gasteiger partial charge in [-0.15, -0.1) is 0 Å². The van der Waals surface area contributed by atoms with E-state index >= 15 is 0 Å². The van der Waals surface area contributed by atoms with Crippen LogP contribution in [0.15, 0.2) is 42.5 Å². The molecule has 2 aromatic rings. The van der Waals surface area contributed by atoms with E-state index in [0.29, 0.717) is 11.6 Å². The van der Waals surface area contributed by atoms with Crippen molar-refractivity contribution < 1.29 is 13.2 Å². The summed E-state index contributed by atoms with van der Waals surface area (Å²) in [7, 11) is -3.73. The van der Waals surface area contributed by atoms with Crippen molar-refractivity contribution in [3.8, 4) is 0 Å². The van der Waals surface area contributed by atoms with Crippen molar-refractivity contribution >= 4 is 44.8 Å². The van der Waals surface area contributed by atoms with Crippen molar-refractivity contribution in [3.05, 3.63) is 63.6 Å². The van der Waals surface area contributed by atoms with Crippen LogP contribution < -0.4 is 9.62 Å². The SMILES string of the molecule is C[C@@H](C(=O)NCc1ccc(CN2CCCCC2)cc1)N(c1ccc(Cl)c(Cl)c1)S(C)(=O)=O. The van der Waals surface area contributed by atoms with Crippen molar-refractivity contribution in [1.29, 1.82) is 0 Å². The molecule has 1 aliphatic rings. The zero-order valence-electron chi connectivity index (χ0n) is 18.4. The number of benzene rings is 2. The summed E-state index contributed by atoms with van der Waals surface area (Å²) in [4.78, 5) is 15.2. The number of nitrogens with zero attached hydrogens (tertiary/aromatic N) is 2. The van der Waals surface area contributed by atoms with Gasteiger partial charge >= 0.3 is 0 Å². The number of carbonyl (C=O) groups is 1. The average molecular weight is 498 g/mol. The maximum absolute atomic E-state index is 12.8. The number of likely N-dealkylation sites (tertiary alicyclic amines) is 1. The number of hydrogen-bond donors (Lipinski definition) is 1. The van der Waals surface area contributed by atoms with Crippen LogP contribution in [0.3, 0.4) is 0 Å². The number of piperidine rings is 1. The van der Waals surface area contributed by atoms with E-state index in [9.17, 15) is 13.2 Å². The van der Waals surface area contributed by atoms with Crippen LogP contribution in [0.25, 0.3) is 0 Å². The number of sulfonamides is 1. The molecule has 1 atom stereocenters. The number of hydrogen-bond acceptors (Lipinski definition) is 4. The Balaban J connectivity index is 1.62. The van der Waals surface area contributed by atoms with Crippen LogP contribution in [-0.4, -0.2) is 44.6 Å². The number of halogens is 2. The minimum absolute atomic E-state index is 0.218. The first kappa shape index (κ1) is 24.8. The second kappa shape index (κ2) is 10.9. The molecule has 6 nitrogen and oxygen atoms in total. The predicted octanol–water partition coefficient (Wildman–Crippen LogP) is 4.45. The Morgan fingerprint density at radius 1 is 1.03 bits per heavy atom. The van der Waals surface area contributed by atoms with Gasteiger partial charge in [0.25, 0.3) is 0 Å².